The molecule has 1 atom stereocenters. The number of aromatic nitrogens is 8. The van der Waals surface area contributed by atoms with Gasteiger partial charge in [-0.15, -0.1) is 0 Å². The SMILES string of the molecule is C=C(C)c1ccc(Cn2nc3c(c2Nc2ccc(F)c(C)c2)C(=O)N(C)C2=NC(C)(C)CN23)cc1.C=C(C)c1ccc(Cn2nc3c(c2Nc2ccc(F)c(F)c2)C(=O)N(C)C2=NC(C)(C)CN23)cc1.C=C(C)c1ccc(Cn2nc3c(c2Nc2ccc(F)cc2)C(=O)N(C)C2=NC(C)(C)CN23)cc1.CC(O)c1ccc(Cn2nc3c(c2Nc2ccc(F)cc2)C(=O)N(C)C2=NC(C)(C)CN23)cc1. The Labute approximate surface area is 797 Å². The monoisotopic (exact) mass is 1870 g/mol. The maximum absolute atomic E-state index is 14.0. The van der Waals surface area contributed by atoms with Gasteiger partial charge in [-0.05, 0) is 219 Å². The molecule has 0 radical (unpaired) electrons. The van der Waals surface area contributed by atoms with Gasteiger partial charge < -0.3 is 26.4 Å². The van der Waals surface area contributed by atoms with E-state index in [9.17, 15) is 46.2 Å². The van der Waals surface area contributed by atoms with Gasteiger partial charge >= 0.3 is 0 Å². The Bertz CT molecular complexity index is 6830. The third-order valence-electron chi connectivity index (χ3n) is 24.7. The van der Waals surface area contributed by atoms with E-state index in [0.29, 0.717) is 173 Å². The molecule has 12 heterocycles. The fraction of sp³-hybridized carbons (Fsp3) is 0.288. The van der Waals surface area contributed by atoms with Crippen molar-refractivity contribution in [2.24, 2.45) is 20.0 Å². The minimum atomic E-state index is -0.982. The van der Waals surface area contributed by atoms with E-state index in [2.05, 4.69) is 41.0 Å². The topological polar surface area (TPSA) is 283 Å². The molecule has 0 spiro atoms. The maximum atomic E-state index is 14.0. The Balaban J connectivity index is 0.000000127. The zero-order chi connectivity index (χ0) is 98.5. The summed E-state index contributed by atoms with van der Waals surface area (Å²) in [6, 6.07) is 52.2. The number of amides is 4. The number of benzene rings is 8. The molecule has 0 saturated carbocycles. The summed E-state index contributed by atoms with van der Waals surface area (Å²) in [5.74, 6) is 2.88. The highest BCUT2D eigenvalue weighted by molar-refractivity contribution is 6.24. The van der Waals surface area contributed by atoms with Gasteiger partial charge in [-0.1, -0.05) is 134 Å². The summed E-state index contributed by atoms with van der Waals surface area (Å²) in [6.45, 7) is 41.5. The number of hydrogen-bond acceptors (Lipinski definition) is 21. The fourth-order valence-electron chi connectivity index (χ4n) is 17.5. The molecule has 34 heteroatoms. The van der Waals surface area contributed by atoms with Gasteiger partial charge in [0, 0.05) is 57.0 Å². The second kappa shape index (κ2) is 36.2. The van der Waals surface area contributed by atoms with Gasteiger partial charge in [0.15, 0.2) is 34.9 Å². The van der Waals surface area contributed by atoms with Gasteiger partial charge in [0.05, 0.1) is 80.6 Å². The molecule has 8 aliphatic rings. The van der Waals surface area contributed by atoms with Crippen molar-refractivity contribution >= 4 is 133 Å². The summed E-state index contributed by atoms with van der Waals surface area (Å²) in [4.78, 5) is 87.0. The van der Waals surface area contributed by atoms with Crippen LogP contribution in [0.15, 0.2) is 222 Å². The summed E-state index contributed by atoms with van der Waals surface area (Å²) in [5.41, 5.74) is 14.1. The quantitative estimate of drug-likeness (QED) is 0.0443. The Morgan fingerprint density at radius 1 is 0.355 bits per heavy atom. The van der Waals surface area contributed by atoms with Gasteiger partial charge in [-0.3, -0.25) is 58.4 Å². The molecule has 0 aliphatic carbocycles. The summed E-state index contributed by atoms with van der Waals surface area (Å²) in [6.07, 6.45) is -0.550. The predicted molar refractivity (Wildman–Crippen MR) is 533 cm³/mol. The summed E-state index contributed by atoms with van der Waals surface area (Å²) >= 11 is 0. The minimum Gasteiger partial charge on any atom is -0.389 e. The van der Waals surface area contributed by atoms with Gasteiger partial charge in [-0.25, -0.2) is 60.6 Å². The molecule has 138 heavy (non-hydrogen) atoms. The third-order valence-corrected chi connectivity index (χ3v) is 24.7. The van der Waals surface area contributed by atoms with Crippen LogP contribution in [0.5, 0.6) is 0 Å². The van der Waals surface area contributed by atoms with Crippen LogP contribution < -0.4 is 40.9 Å². The Kier molecular flexibility index (Phi) is 24.7. The van der Waals surface area contributed by atoms with Crippen molar-refractivity contribution in [2.75, 3.05) is 95.2 Å². The van der Waals surface area contributed by atoms with Crippen LogP contribution in [0, 0.1) is 36.0 Å². The lowest BCUT2D eigenvalue weighted by Gasteiger charge is -2.30. The number of carbonyl (C=O) groups is 4. The number of rotatable bonds is 20. The van der Waals surface area contributed by atoms with Gasteiger partial charge in [0.2, 0.25) is 23.8 Å². The van der Waals surface area contributed by atoms with E-state index in [0.717, 1.165) is 73.4 Å². The van der Waals surface area contributed by atoms with Crippen LogP contribution in [0.1, 0.15) is 181 Å². The zero-order valence-corrected chi connectivity index (χ0v) is 80.1. The normalized spacial score (nSPS) is 16.5. The van der Waals surface area contributed by atoms with Gasteiger partial charge in [0.25, 0.3) is 23.6 Å². The molecule has 20 rings (SSSR count). The van der Waals surface area contributed by atoms with E-state index in [1.165, 1.54) is 41.3 Å². The minimum absolute atomic E-state index is 0.182. The number of anilines is 12. The van der Waals surface area contributed by atoms with Gasteiger partial charge in [0.1, 0.15) is 63.0 Å². The maximum Gasteiger partial charge on any atom is 0.267 e. The number of aliphatic imine (C=N–C) groups is 4. The van der Waals surface area contributed by atoms with Crippen LogP contribution in [0.3, 0.4) is 0 Å². The highest BCUT2D eigenvalue weighted by atomic mass is 19.2. The van der Waals surface area contributed by atoms with E-state index in [1.807, 2.05) is 193 Å². The van der Waals surface area contributed by atoms with E-state index >= 15 is 0 Å². The summed E-state index contributed by atoms with van der Waals surface area (Å²) < 4.78 is 75.4. The van der Waals surface area contributed by atoms with Crippen molar-refractivity contribution in [3.8, 4) is 0 Å². The third kappa shape index (κ3) is 18.8. The first-order valence-corrected chi connectivity index (χ1v) is 45.2. The van der Waals surface area contributed by atoms with E-state index in [1.54, 1.807) is 112 Å². The fourth-order valence-corrected chi connectivity index (χ4v) is 17.5. The summed E-state index contributed by atoms with van der Waals surface area (Å²) in [7, 11) is 6.85. The van der Waals surface area contributed by atoms with Crippen molar-refractivity contribution in [3.63, 3.8) is 0 Å². The van der Waals surface area contributed by atoms with Crippen LogP contribution >= 0.6 is 0 Å². The number of aliphatic hydroxyl groups excluding tert-OH is 1. The number of fused-ring (bicyclic) bond motifs is 12. The Hall–Kier alpha value is -15.6. The molecule has 8 aliphatic heterocycles. The lowest BCUT2D eigenvalue weighted by Crippen LogP contribution is -2.48. The molecule has 0 bridgehead atoms. The number of aliphatic hydroxyl groups is 1. The summed E-state index contributed by atoms with van der Waals surface area (Å²) in [5, 5.41) is 42.3. The van der Waals surface area contributed by atoms with E-state index < -0.39 is 17.7 Å². The first-order chi connectivity index (χ1) is 65.3. The van der Waals surface area contributed by atoms with Crippen LogP contribution in [0.4, 0.5) is 91.2 Å². The van der Waals surface area contributed by atoms with Crippen molar-refractivity contribution < 1.29 is 46.2 Å². The number of allylic oxidation sites excluding steroid dienone is 3. The Morgan fingerprint density at radius 2 is 0.601 bits per heavy atom. The smallest absolute Gasteiger partial charge is 0.267 e. The molecule has 1 unspecified atom stereocenters. The second-order valence-electron chi connectivity index (χ2n) is 38.5. The molecule has 0 fully saturated rings. The molecule has 12 aromatic rings. The van der Waals surface area contributed by atoms with Crippen molar-refractivity contribution in [1.29, 1.82) is 0 Å². The molecule has 29 nitrogen and oxygen atoms in total. The average molecular weight is 1870 g/mol. The first kappa shape index (κ1) is 94.2. The van der Waals surface area contributed by atoms with Crippen molar-refractivity contribution in [2.45, 2.75) is 144 Å². The molecule has 4 aromatic heterocycles. The van der Waals surface area contributed by atoms with E-state index in [-0.39, 0.29) is 63.2 Å². The van der Waals surface area contributed by atoms with Crippen LogP contribution in [0.2, 0.25) is 0 Å². The molecule has 0 saturated heterocycles. The molecule has 4 amide bonds. The average Bonchev–Trinajstić information content (AvgIpc) is 1.59. The predicted octanol–water partition coefficient (Wildman–Crippen LogP) is 19.0. The number of carbonyl (C=O) groups excluding carboxylic acids is 4. The Morgan fingerprint density at radius 3 is 0.855 bits per heavy atom. The molecular formula is C104H109F5N24O5. The van der Waals surface area contributed by atoms with E-state index in [4.69, 9.17) is 40.4 Å². The number of aryl methyl sites for hydroxylation is 1. The molecule has 8 aromatic carbocycles. The molecule has 5 N–H and O–H groups in total. The number of halogens is 5. The lowest BCUT2D eigenvalue weighted by atomic mass is 10.1. The lowest BCUT2D eigenvalue weighted by molar-refractivity contribution is 0.0858. The number of nitrogens with one attached hydrogen (secondary N) is 4. The number of hydrogen-bond donors (Lipinski definition) is 5. The number of nitrogens with zero attached hydrogens (tertiary/aromatic N) is 20. The van der Waals surface area contributed by atoms with Crippen LogP contribution in [-0.4, -0.2) is 188 Å². The zero-order valence-electron chi connectivity index (χ0n) is 80.1. The second-order valence-corrected chi connectivity index (χ2v) is 38.5. The van der Waals surface area contributed by atoms with Crippen LogP contribution in [-0.2, 0) is 26.2 Å². The largest absolute Gasteiger partial charge is 0.389 e. The highest BCUT2D eigenvalue weighted by Crippen LogP contribution is 2.46. The van der Waals surface area contributed by atoms with Crippen molar-refractivity contribution in [3.05, 3.63) is 303 Å². The highest BCUT2D eigenvalue weighted by Gasteiger charge is 2.50. The van der Waals surface area contributed by atoms with Crippen LogP contribution in [0.25, 0.3) is 16.7 Å². The van der Waals surface area contributed by atoms with Crippen molar-refractivity contribution in [1.82, 2.24) is 58.7 Å². The van der Waals surface area contributed by atoms with Gasteiger partial charge in [-0.2, -0.15) is 20.4 Å². The first-order valence-electron chi connectivity index (χ1n) is 45.2. The number of guanidine groups is 4. The molecular weight excluding hydrogens is 1760 g/mol. The standard InChI is InChI=1S/C27H29FN6O.C26H26F2N6O.C26H27FN6O.C25H27FN6O2/c1-16(2)19-9-7-18(8-10-19)14-34-23(29-20-11-12-21(28)17(3)13-20)22-24(31-34)33-15-27(4,5)30-26(33)32(6)25(22)35;1-15(2)17-8-6-16(7-9-17)13-34-22(29-18-10-11-19(27)20(28)12-18)21-23(31-34)33-14-26(3,4)30-25(33)32(5)24(21)35;1-16(2)18-8-6-17(7-9-18)14-33-22(28-20-12-10-19(27)11-13-20)21-23(30-33)32-15-26(3,4)29-25(32)31(5)24(21)34;1-15(33)17-7-5-16(6-8-17)13-32-21(27-19-11-9-18(26)10-12-19)20-22(29-32)31-14-25(2,3)28-24(31)30(4)23(20)34/h7-13,29H,1,14-15H2,2-6H3;6-12,29H,1,13-14H2,2-5H3;6-13,28H,1,14-15H2,2-5H3;5-12,15,27,33H,13-14H2,1-4H3. The molecule has 710 valence electrons.